The SMILES string of the molecule is Cc1ccccc1OCc1ccc(C(=O)NCCN2CCOCC2)o1. The predicted molar refractivity (Wildman–Crippen MR) is 93.8 cm³/mol. The third kappa shape index (κ3) is 5.08. The van der Waals surface area contributed by atoms with E-state index in [2.05, 4.69) is 10.2 Å². The fraction of sp³-hybridized carbons (Fsp3) is 0.421. The van der Waals surface area contributed by atoms with E-state index < -0.39 is 0 Å². The van der Waals surface area contributed by atoms with E-state index in [4.69, 9.17) is 13.9 Å². The van der Waals surface area contributed by atoms with Crippen LogP contribution in [0, 0.1) is 6.92 Å². The molecule has 6 nitrogen and oxygen atoms in total. The van der Waals surface area contributed by atoms with Crippen molar-refractivity contribution in [2.45, 2.75) is 13.5 Å². The molecule has 25 heavy (non-hydrogen) atoms. The van der Waals surface area contributed by atoms with Crippen LogP contribution in [-0.2, 0) is 11.3 Å². The van der Waals surface area contributed by atoms with E-state index in [0.717, 1.165) is 44.2 Å². The second kappa shape index (κ2) is 8.69. The maximum absolute atomic E-state index is 12.1. The lowest BCUT2D eigenvalue weighted by Gasteiger charge is -2.26. The molecule has 0 unspecified atom stereocenters. The maximum Gasteiger partial charge on any atom is 0.287 e. The van der Waals surface area contributed by atoms with Crippen LogP contribution in [-0.4, -0.2) is 50.2 Å². The number of amides is 1. The second-order valence-corrected chi connectivity index (χ2v) is 6.03. The van der Waals surface area contributed by atoms with Gasteiger partial charge in [-0.1, -0.05) is 18.2 Å². The van der Waals surface area contributed by atoms with Crippen LogP contribution in [0.4, 0.5) is 0 Å². The Labute approximate surface area is 147 Å². The van der Waals surface area contributed by atoms with Crippen LogP contribution in [0.25, 0.3) is 0 Å². The molecule has 6 heteroatoms. The Kier molecular flexibility index (Phi) is 6.09. The van der Waals surface area contributed by atoms with Gasteiger partial charge < -0.3 is 19.2 Å². The highest BCUT2D eigenvalue weighted by Crippen LogP contribution is 2.18. The molecule has 2 aromatic rings. The van der Waals surface area contributed by atoms with Crippen molar-refractivity contribution < 1.29 is 18.7 Å². The van der Waals surface area contributed by atoms with Crippen molar-refractivity contribution in [2.24, 2.45) is 0 Å². The van der Waals surface area contributed by atoms with Crippen molar-refractivity contribution >= 4 is 5.91 Å². The monoisotopic (exact) mass is 344 g/mol. The number of aryl methyl sites for hydroxylation is 1. The van der Waals surface area contributed by atoms with Gasteiger partial charge in [-0.3, -0.25) is 9.69 Å². The molecule has 0 saturated carbocycles. The van der Waals surface area contributed by atoms with Gasteiger partial charge in [0.1, 0.15) is 18.1 Å². The van der Waals surface area contributed by atoms with Crippen LogP contribution in [0.1, 0.15) is 21.9 Å². The molecule has 1 aliphatic rings. The molecular formula is C19H24N2O4. The molecule has 134 valence electrons. The zero-order chi connectivity index (χ0) is 17.5. The number of rotatable bonds is 7. The summed E-state index contributed by atoms with van der Waals surface area (Å²) < 4.78 is 16.6. The number of para-hydroxylation sites is 1. The first kappa shape index (κ1) is 17.5. The van der Waals surface area contributed by atoms with Gasteiger partial charge in [-0.2, -0.15) is 0 Å². The van der Waals surface area contributed by atoms with E-state index in [9.17, 15) is 4.79 Å². The summed E-state index contributed by atoms with van der Waals surface area (Å²) in [5.74, 6) is 1.55. The van der Waals surface area contributed by atoms with E-state index in [-0.39, 0.29) is 5.91 Å². The van der Waals surface area contributed by atoms with E-state index >= 15 is 0 Å². The molecular weight excluding hydrogens is 320 g/mol. The van der Waals surface area contributed by atoms with Crippen molar-refractivity contribution in [3.63, 3.8) is 0 Å². The normalized spacial score (nSPS) is 15.1. The first-order valence-corrected chi connectivity index (χ1v) is 8.58. The number of benzene rings is 1. The van der Waals surface area contributed by atoms with Gasteiger partial charge in [-0.15, -0.1) is 0 Å². The number of nitrogens with zero attached hydrogens (tertiary/aromatic N) is 1. The predicted octanol–water partition coefficient (Wildman–Crippen LogP) is 2.23. The number of hydrogen-bond donors (Lipinski definition) is 1. The number of carbonyl (C=O) groups is 1. The van der Waals surface area contributed by atoms with Crippen LogP contribution in [0.15, 0.2) is 40.8 Å². The number of ether oxygens (including phenoxy) is 2. The lowest BCUT2D eigenvalue weighted by atomic mass is 10.2. The van der Waals surface area contributed by atoms with Crippen molar-refractivity contribution in [2.75, 3.05) is 39.4 Å². The second-order valence-electron chi connectivity index (χ2n) is 6.03. The fourth-order valence-corrected chi connectivity index (χ4v) is 2.68. The Morgan fingerprint density at radius 2 is 2.00 bits per heavy atom. The molecule has 0 bridgehead atoms. The van der Waals surface area contributed by atoms with Crippen LogP contribution in [0.5, 0.6) is 5.75 Å². The summed E-state index contributed by atoms with van der Waals surface area (Å²) in [5.41, 5.74) is 1.06. The fourth-order valence-electron chi connectivity index (χ4n) is 2.68. The molecule has 1 aromatic heterocycles. The molecule has 3 rings (SSSR count). The first-order chi connectivity index (χ1) is 12.2. The van der Waals surface area contributed by atoms with Crippen LogP contribution < -0.4 is 10.1 Å². The summed E-state index contributed by atoms with van der Waals surface area (Å²) in [5, 5.41) is 2.89. The number of morpholine rings is 1. The smallest absolute Gasteiger partial charge is 0.287 e. The molecule has 0 aliphatic carbocycles. The molecule has 1 N–H and O–H groups in total. The van der Waals surface area contributed by atoms with Gasteiger partial charge in [0.25, 0.3) is 5.91 Å². The summed E-state index contributed by atoms with van der Waals surface area (Å²) in [6.07, 6.45) is 0. The molecule has 1 fully saturated rings. The van der Waals surface area contributed by atoms with E-state index in [1.807, 2.05) is 31.2 Å². The van der Waals surface area contributed by atoms with Gasteiger partial charge in [0.2, 0.25) is 0 Å². The van der Waals surface area contributed by atoms with Crippen molar-refractivity contribution in [3.05, 3.63) is 53.5 Å². The Morgan fingerprint density at radius 1 is 1.20 bits per heavy atom. The van der Waals surface area contributed by atoms with Gasteiger partial charge in [-0.25, -0.2) is 0 Å². The van der Waals surface area contributed by atoms with Gasteiger partial charge in [-0.05, 0) is 30.7 Å². The maximum atomic E-state index is 12.1. The van der Waals surface area contributed by atoms with Gasteiger partial charge in [0, 0.05) is 26.2 Å². The minimum atomic E-state index is -0.199. The molecule has 0 spiro atoms. The molecule has 1 amide bonds. The first-order valence-electron chi connectivity index (χ1n) is 8.58. The van der Waals surface area contributed by atoms with Crippen LogP contribution >= 0.6 is 0 Å². The molecule has 1 saturated heterocycles. The van der Waals surface area contributed by atoms with E-state index in [0.29, 0.717) is 24.7 Å². The van der Waals surface area contributed by atoms with Crippen molar-refractivity contribution in [3.8, 4) is 5.75 Å². The van der Waals surface area contributed by atoms with E-state index in [1.165, 1.54) is 0 Å². The Morgan fingerprint density at radius 3 is 2.80 bits per heavy atom. The average Bonchev–Trinajstić information content (AvgIpc) is 3.11. The van der Waals surface area contributed by atoms with Gasteiger partial charge >= 0.3 is 0 Å². The largest absolute Gasteiger partial charge is 0.485 e. The number of carbonyl (C=O) groups excluding carboxylic acids is 1. The minimum Gasteiger partial charge on any atom is -0.485 e. The van der Waals surface area contributed by atoms with Gasteiger partial charge in [0.15, 0.2) is 5.76 Å². The number of furan rings is 1. The third-order valence-corrected chi connectivity index (χ3v) is 4.17. The quantitative estimate of drug-likeness (QED) is 0.834. The average molecular weight is 344 g/mol. The highest BCUT2D eigenvalue weighted by molar-refractivity contribution is 5.91. The summed E-state index contributed by atoms with van der Waals surface area (Å²) in [6.45, 7) is 7.05. The Hall–Kier alpha value is -2.31. The molecule has 0 atom stereocenters. The minimum absolute atomic E-state index is 0.199. The topological polar surface area (TPSA) is 63.9 Å². The van der Waals surface area contributed by atoms with Crippen molar-refractivity contribution in [1.29, 1.82) is 0 Å². The molecule has 1 aromatic carbocycles. The van der Waals surface area contributed by atoms with Crippen molar-refractivity contribution in [1.82, 2.24) is 10.2 Å². The van der Waals surface area contributed by atoms with Crippen LogP contribution in [0.3, 0.4) is 0 Å². The number of nitrogens with one attached hydrogen (secondary N) is 1. The van der Waals surface area contributed by atoms with E-state index in [1.54, 1.807) is 12.1 Å². The zero-order valence-electron chi connectivity index (χ0n) is 14.5. The number of hydrogen-bond acceptors (Lipinski definition) is 5. The third-order valence-electron chi connectivity index (χ3n) is 4.17. The lowest BCUT2D eigenvalue weighted by molar-refractivity contribution is 0.0382. The molecule has 1 aliphatic heterocycles. The molecule has 0 radical (unpaired) electrons. The summed E-state index contributed by atoms with van der Waals surface area (Å²) in [6, 6.07) is 11.3. The Balaban J connectivity index is 1.44. The lowest BCUT2D eigenvalue weighted by Crippen LogP contribution is -2.41. The zero-order valence-corrected chi connectivity index (χ0v) is 14.5. The van der Waals surface area contributed by atoms with Gasteiger partial charge in [0.05, 0.1) is 13.2 Å². The summed E-state index contributed by atoms with van der Waals surface area (Å²) in [7, 11) is 0. The summed E-state index contributed by atoms with van der Waals surface area (Å²) >= 11 is 0. The Bertz CT molecular complexity index is 692. The standard InChI is InChI=1S/C19H24N2O4/c1-15-4-2-3-5-17(15)24-14-16-6-7-18(25-16)19(22)20-8-9-21-10-12-23-13-11-21/h2-7H,8-14H2,1H3,(H,20,22). The molecule has 2 heterocycles. The highest BCUT2D eigenvalue weighted by Gasteiger charge is 2.13. The summed E-state index contributed by atoms with van der Waals surface area (Å²) in [4.78, 5) is 14.4. The highest BCUT2D eigenvalue weighted by atomic mass is 16.5. The van der Waals surface area contributed by atoms with Crippen LogP contribution in [0.2, 0.25) is 0 Å².